The summed E-state index contributed by atoms with van der Waals surface area (Å²) < 4.78 is 12.9. The molecule has 0 aliphatic carbocycles. The quantitative estimate of drug-likeness (QED) is 0.738. The molecule has 1 saturated heterocycles. The summed E-state index contributed by atoms with van der Waals surface area (Å²) in [4.78, 5) is 17.1. The van der Waals surface area contributed by atoms with E-state index < -0.39 is 11.9 Å². The van der Waals surface area contributed by atoms with Crippen molar-refractivity contribution in [3.05, 3.63) is 29.8 Å². The standard InChI is InChI=1S/C11H14FN3O2/c1-15(9-5-14-6-10(9)16)11(17)7-2-8(12)4-13-3-7/h2-4,9-10,14,16H,5-6H2,1H3/t9-,10-/m1/s1. The van der Waals surface area contributed by atoms with E-state index in [0.717, 1.165) is 12.3 Å². The van der Waals surface area contributed by atoms with Gasteiger partial charge in [-0.25, -0.2) is 4.39 Å². The average Bonchev–Trinajstić information content (AvgIpc) is 2.73. The summed E-state index contributed by atoms with van der Waals surface area (Å²) in [6, 6.07) is 0.853. The second kappa shape index (κ2) is 4.77. The summed E-state index contributed by atoms with van der Waals surface area (Å²) >= 11 is 0. The van der Waals surface area contributed by atoms with Crippen molar-refractivity contribution >= 4 is 5.91 Å². The summed E-state index contributed by atoms with van der Waals surface area (Å²) in [5.41, 5.74) is 0.187. The number of aliphatic hydroxyl groups excluding tert-OH is 1. The van der Waals surface area contributed by atoms with Gasteiger partial charge in [-0.2, -0.15) is 0 Å². The Labute approximate surface area is 98.3 Å². The maximum atomic E-state index is 12.9. The molecule has 92 valence electrons. The SMILES string of the molecule is CN(C(=O)c1cncc(F)c1)[C@@H]1CNC[C@H]1O. The van der Waals surface area contributed by atoms with Crippen molar-refractivity contribution < 1.29 is 14.3 Å². The van der Waals surface area contributed by atoms with Gasteiger partial charge in [0.2, 0.25) is 0 Å². The molecule has 1 aromatic heterocycles. The number of β-amino-alcohol motifs (C(OH)–C–C–N with tert-alkyl or cyclic N) is 1. The number of rotatable bonds is 2. The molecule has 0 bridgehead atoms. The lowest BCUT2D eigenvalue weighted by Gasteiger charge is -2.26. The molecule has 2 rings (SSSR count). The minimum atomic E-state index is -0.592. The van der Waals surface area contributed by atoms with Crippen LogP contribution in [0.4, 0.5) is 4.39 Å². The normalized spacial score (nSPS) is 23.7. The van der Waals surface area contributed by atoms with Gasteiger partial charge in [0.25, 0.3) is 5.91 Å². The molecule has 0 spiro atoms. The Hall–Kier alpha value is -1.53. The fourth-order valence-corrected chi connectivity index (χ4v) is 1.93. The fourth-order valence-electron chi connectivity index (χ4n) is 1.93. The van der Waals surface area contributed by atoms with Crippen LogP contribution >= 0.6 is 0 Å². The largest absolute Gasteiger partial charge is 0.390 e. The van der Waals surface area contributed by atoms with Crippen molar-refractivity contribution in [3.63, 3.8) is 0 Å². The van der Waals surface area contributed by atoms with Crippen LogP contribution in [0.25, 0.3) is 0 Å². The molecule has 1 amide bonds. The lowest BCUT2D eigenvalue weighted by atomic mass is 10.1. The Morgan fingerprint density at radius 3 is 2.94 bits per heavy atom. The number of amides is 1. The van der Waals surface area contributed by atoms with Crippen molar-refractivity contribution in [1.82, 2.24) is 15.2 Å². The van der Waals surface area contributed by atoms with E-state index >= 15 is 0 Å². The zero-order valence-corrected chi connectivity index (χ0v) is 9.43. The molecule has 6 heteroatoms. The predicted molar refractivity (Wildman–Crippen MR) is 59.0 cm³/mol. The van der Waals surface area contributed by atoms with E-state index in [4.69, 9.17) is 0 Å². The van der Waals surface area contributed by atoms with Gasteiger partial charge in [-0.15, -0.1) is 0 Å². The highest BCUT2D eigenvalue weighted by molar-refractivity contribution is 5.94. The first-order valence-corrected chi connectivity index (χ1v) is 5.36. The van der Waals surface area contributed by atoms with E-state index in [0.29, 0.717) is 13.1 Å². The van der Waals surface area contributed by atoms with Gasteiger partial charge in [0.1, 0.15) is 5.82 Å². The maximum Gasteiger partial charge on any atom is 0.255 e. The monoisotopic (exact) mass is 239 g/mol. The third-order valence-corrected chi connectivity index (χ3v) is 2.92. The molecular weight excluding hydrogens is 225 g/mol. The molecule has 0 radical (unpaired) electrons. The number of hydrogen-bond acceptors (Lipinski definition) is 4. The van der Waals surface area contributed by atoms with Crippen LogP contribution in [0.1, 0.15) is 10.4 Å². The fraction of sp³-hybridized carbons (Fsp3) is 0.455. The van der Waals surface area contributed by atoms with Gasteiger partial charge in [-0.05, 0) is 6.07 Å². The number of pyridine rings is 1. The lowest BCUT2D eigenvalue weighted by Crippen LogP contribution is -2.44. The van der Waals surface area contributed by atoms with E-state index in [1.54, 1.807) is 7.05 Å². The summed E-state index contributed by atoms with van der Waals surface area (Å²) in [6.07, 6.45) is 1.77. The van der Waals surface area contributed by atoms with E-state index in [-0.39, 0.29) is 17.5 Å². The number of nitrogens with zero attached hydrogens (tertiary/aromatic N) is 2. The number of halogens is 1. The summed E-state index contributed by atoms with van der Waals surface area (Å²) in [6.45, 7) is 0.996. The Morgan fingerprint density at radius 1 is 1.59 bits per heavy atom. The van der Waals surface area contributed by atoms with Gasteiger partial charge < -0.3 is 15.3 Å². The number of carbonyl (C=O) groups is 1. The molecule has 1 aliphatic rings. The highest BCUT2D eigenvalue weighted by Crippen LogP contribution is 2.12. The maximum absolute atomic E-state index is 12.9. The first-order chi connectivity index (χ1) is 8.09. The topological polar surface area (TPSA) is 65.5 Å². The molecule has 2 atom stereocenters. The van der Waals surface area contributed by atoms with Crippen LogP contribution < -0.4 is 5.32 Å². The summed E-state index contributed by atoms with van der Waals surface area (Å²) in [5, 5.41) is 12.7. The Morgan fingerprint density at radius 2 is 2.35 bits per heavy atom. The first-order valence-electron chi connectivity index (χ1n) is 5.36. The van der Waals surface area contributed by atoms with Crippen molar-refractivity contribution in [2.24, 2.45) is 0 Å². The molecule has 1 aromatic rings. The number of likely N-dealkylation sites (N-methyl/N-ethyl adjacent to an activating group) is 1. The molecule has 0 unspecified atom stereocenters. The zero-order chi connectivity index (χ0) is 12.4. The highest BCUT2D eigenvalue weighted by Gasteiger charge is 2.31. The lowest BCUT2D eigenvalue weighted by molar-refractivity contribution is 0.0580. The molecule has 0 saturated carbocycles. The van der Waals surface area contributed by atoms with Crippen LogP contribution in [-0.2, 0) is 0 Å². The van der Waals surface area contributed by atoms with E-state index in [1.165, 1.54) is 11.1 Å². The summed E-state index contributed by atoms with van der Waals surface area (Å²) in [7, 11) is 1.59. The minimum absolute atomic E-state index is 0.187. The molecule has 1 aliphatic heterocycles. The molecule has 2 heterocycles. The van der Waals surface area contributed by atoms with Crippen LogP contribution in [0, 0.1) is 5.82 Å². The molecule has 0 aromatic carbocycles. The molecule has 17 heavy (non-hydrogen) atoms. The highest BCUT2D eigenvalue weighted by atomic mass is 19.1. The number of aromatic nitrogens is 1. The van der Waals surface area contributed by atoms with E-state index in [2.05, 4.69) is 10.3 Å². The molecule has 5 nitrogen and oxygen atoms in total. The van der Waals surface area contributed by atoms with Crippen LogP contribution in [0.5, 0.6) is 0 Å². The second-order valence-corrected chi connectivity index (χ2v) is 4.10. The Balaban J connectivity index is 2.14. The van der Waals surface area contributed by atoms with E-state index in [9.17, 15) is 14.3 Å². The van der Waals surface area contributed by atoms with Crippen molar-refractivity contribution in [2.45, 2.75) is 12.1 Å². The molecule has 2 N–H and O–H groups in total. The summed E-state index contributed by atoms with van der Waals surface area (Å²) in [5.74, 6) is -0.890. The van der Waals surface area contributed by atoms with Gasteiger partial charge in [0.05, 0.1) is 23.9 Å². The number of hydrogen-bond donors (Lipinski definition) is 2. The van der Waals surface area contributed by atoms with Crippen LogP contribution in [0.3, 0.4) is 0 Å². The van der Waals surface area contributed by atoms with Crippen LogP contribution in [-0.4, -0.2) is 53.2 Å². The smallest absolute Gasteiger partial charge is 0.255 e. The van der Waals surface area contributed by atoms with Crippen LogP contribution in [0.15, 0.2) is 18.5 Å². The third-order valence-electron chi connectivity index (χ3n) is 2.92. The molecule has 1 fully saturated rings. The second-order valence-electron chi connectivity index (χ2n) is 4.10. The number of aliphatic hydroxyl groups is 1. The van der Waals surface area contributed by atoms with Gasteiger partial charge >= 0.3 is 0 Å². The third kappa shape index (κ3) is 2.42. The Bertz CT molecular complexity index is 427. The average molecular weight is 239 g/mol. The van der Waals surface area contributed by atoms with Gasteiger partial charge in [0, 0.05) is 26.3 Å². The zero-order valence-electron chi connectivity index (χ0n) is 9.43. The number of nitrogens with one attached hydrogen (secondary N) is 1. The van der Waals surface area contributed by atoms with Gasteiger partial charge in [0.15, 0.2) is 0 Å². The number of carbonyl (C=O) groups excluding carboxylic acids is 1. The van der Waals surface area contributed by atoms with Crippen molar-refractivity contribution in [3.8, 4) is 0 Å². The van der Waals surface area contributed by atoms with E-state index in [1.807, 2.05) is 0 Å². The van der Waals surface area contributed by atoms with Crippen LogP contribution in [0.2, 0.25) is 0 Å². The Kier molecular flexibility index (Phi) is 3.35. The van der Waals surface area contributed by atoms with Crippen molar-refractivity contribution in [2.75, 3.05) is 20.1 Å². The van der Waals surface area contributed by atoms with Gasteiger partial charge in [-0.3, -0.25) is 9.78 Å². The minimum Gasteiger partial charge on any atom is -0.390 e. The first kappa shape index (κ1) is 11.9. The van der Waals surface area contributed by atoms with Crippen molar-refractivity contribution in [1.29, 1.82) is 0 Å². The molecular formula is C11H14FN3O2. The van der Waals surface area contributed by atoms with Gasteiger partial charge in [-0.1, -0.05) is 0 Å². The predicted octanol–water partition coefficient (Wildman–Crippen LogP) is -0.375.